The fourth-order valence-corrected chi connectivity index (χ4v) is 2.08. The largest absolute Gasteiger partial charge is 0.433 e. The molecule has 21 heavy (non-hydrogen) atoms. The van der Waals surface area contributed by atoms with E-state index in [2.05, 4.69) is 10.1 Å². The molecule has 0 aromatic carbocycles. The number of imidazole rings is 1. The Morgan fingerprint density at radius 1 is 1.29 bits per heavy atom. The topological polar surface area (TPSA) is 83.2 Å². The van der Waals surface area contributed by atoms with Crippen molar-refractivity contribution in [3.63, 3.8) is 0 Å². The van der Waals surface area contributed by atoms with Gasteiger partial charge >= 0.3 is 6.18 Å². The van der Waals surface area contributed by atoms with Gasteiger partial charge in [-0.05, 0) is 6.92 Å². The Hall–Kier alpha value is -2.81. The zero-order valence-corrected chi connectivity index (χ0v) is 11.1. The Kier molecular flexibility index (Phi) is 3.44. The van der Waals surface area contributed by atoms with Crippen LogP contribution in [0.1, 0.15) is 28.5 Å². The quantitative estimate of drug-likeness (QED) is 0.844. The van der Waals surface area contributed by atoms with Crippen LogP contribution in [0.15, 0.2) is 6.20 Å². The number of rotatable bonds is 2. The minimum atomic E-state index is -4.56. The second-order valence-corrected chi connectivity index (χ2v) is 4.31. The van der Waals surface area contributed by atoms with Gasteiger partial charge in [0, 0.05) is 12.6 Å². The molecule has 2 rings (SSSR count). The molecule has 0 N–H and O–H groups in total. The number of hydrogen-bond acceptors (Lipinski definition) is 4. The monoisotopic (exact) mass is 294 g/mol. The first-order valence-corrected chi connectivity index (χ1v) is 5.75. The molecule has 9 heteroatoms. The first kappa shape index (κ1) is 14.6. The van der Waals surface area contributed by atoms with Gasteiger partial charge in [-0.2, -0.15) is 28.8 Å². The molecule has 2 aromatic rings. The third-order valence-corrected chi connectivity index (χ3v) is 2.98. The number of aryl methyl sites for hydroxylation is 2. The minimum Gasteiger partial charge on any atom is -0.314 e. The summed E-state index contributed by atoms with van der Waals surface area (Å²) in [6.45, 7) is 1.29. The molecule has 0 aliphatic heterocycles. The van der Waals surface area contributed by atoms with E-state index in [4.69, 9.17) is 10.5 Å². The van der Waals surface area contributed by atoms with Gasteiger partial charge in [0.2, 0.25) is 0 Å². The van der Waals surface area contributed by atoms with Gasteiger partial charge in [0.1, 0.15) is 23.7 Å². The van der Waals surface area contributed by atoms with Crippen molar-refractivity contribution in [2.45, 2.75) is 19.6 Å². The maximum Gasteiger partial charge on any atom is 0.433 e. The Morgan fingerprint density at radius 3 is 2.48 bits per heavy atom. The zero-order valence-electron chi connectivity index (χ0n) is 11.1. The van der Waals surface area contributed by atoms with Crippen molar-refractivity contribution in [3.8, 4) is 12.1 Å². The lowest BCUT2D eigenvalue weighted by atomic mass is 10.2. The van der Waals surface area contributed by atoms with E-state index in [0.29, 0.717) is 5.82 Å². The van der Waals surface area contributed by atoms with Crippen molar-refractivity contribution >= 4 is 0 Å². The molecule has 0 spiro atoms. The van der Waals surface area contributed by atoms with Crippen LogP contribution in [0.4, 0.5) is 13.2 Å². The summed E-state index contributed by atoms with van der Waals surface area (Å²) in [5.74, 6) is 0.292. The summed E-state index contributed by atoms with van der Waals surface area (Å²) in [6.07, 6.45) is -3.46. The summed E-state index contributed by atoms with van der Waals surface area (Å²) in [6, 6.07) is 3.54. The summed E-state index contributed by atoms with van der Waals surface area (Å²) in [5, 5.41) is 21.5. The summed E-state index contributed by atoms with van der Waals surface area (Å²) < 4.78 is 41.0. The second-order valence-electron chi connectivity index (χ2n) is 4.31. The minimum absolute atomic E-state index is 0.0630. The summed E-state index contributed by atoms with van der Waals surface area (Å²) >= 11 is 0. The molecule has 108 valence electrons. The van der Waals surface area contributed by atoms with E-state index in [1.165, 1.54) is 18.5 Å². The van der Waals surface area contributed by atoms with Crippen LogP contribution in [0.25, 0.3) is 0 Å². The average Bonchev–Trinajstić information content (AvgIpc) is 2.90. The van der Waals surface area contributed by atoms with Gasteiger partial charge in [-0.15, -0.1) is 0 Å². The summed E-state index contributed by atoms with van der Waals surface area (Å²) in [4.78, 5) is 3.87. The number of nitrogens with zero attached hydrogens (tertiary/aromatic N) is 6. The molecule has 0 unspecified atom stereocenters. The first-order chi connectivity index (χ1) is 9.79. The second kappa shape index (κ2) is 4.94. The lowest BCUT2D eigenvalue weighted by Gasteiger charge is -2.11. The van der Waals surface area contributed by atoms with Crippen molar-refractivity contribution in [2.24, 2.45) is 7.05 Å². The van der Waals surface area contributed by atoms with Crippen molar-refractivity contribution in [1.29, 1.82) is 10.5 Å². The molecule has 2 aromatic heterocycles. The molecule has 2 heterocycles. The van der Waals surface area contributed by atoms with Crippen LogP contribution in [-0.4, -0.2) is 19.3 Å². The maximum atomic E-state index is 13.0. The van der Waals surface area contributed by atoms with Gasteiger partial charge in [0.05, 0.1) is 12.7 Å². The highest BCUT2D eigenvalue weighted by Crippen LogP contribution is 2.32. The predicted molar refractivity (Wildman–Crippen MR) is 63.7 cm³/mol. The SMILES string of the molecule is Cc1nc(C#N)c(C#N)n1Cc1cnn(C)c1C(F)(F)F. The van der Waals surface area contributed by atoms with Gasteiger partial charge in [-0.1, -0.05) is 0 Å². The van der Waals surface area contributed by atoms with Crippen molar-refractivity contribution < 1.29 is 13.2 Å². The highest BCUT2D eigenvalue weighted by Gasteiger charge is 2.37. The average molecular weight is 294 g/mol. The molecule has 0 aliphatic carbocycles. The van der Waals surface area contributed by atoms with Crippen molar-refractivity contribution in [3.05, 3.63) is 34.7 Å². The Morgan fingerprint density at radius 2 is 1.95 bits per heavy atom. The zero-order chi connectivity index (χ0) is 15.8. The molecule has 0 fully saturated rings. The van der Waals surface area contributed by atoms with Crippen molar-refractivity contribution in [2.75, 3.05) is 0 Å². The molecule has 0 bridgehead atoms. The van der Waals surface area contributed by atoms with E-state index in [-0.39, 0.29) is 23.5 Å². The van der Waals surface area contributed by atoms with Gasteiger partial charge in [0.15, 0.2) is 11.4 Å². The van der Waals surface area contributed by atoms with E-state index in [9.17, 15) is 13.2 Å². The highest BCUT2D eigenvalue weighted by molar-refractivity contribution is 5.38. The highest BCUT2D eigenvalue weighted by atomic mass is 19.4. The number of alkyl halides is 3. The molecular weight excluding hydrogens is 285 g/mol. The number of hydrogen-bond donors (Lipinski definition) is 0. The van der Waals surface area contributed by atoms with E-state index >= 15 is 0 Å². The summed E-state index contributed by atoms with van der Waals surface area (Å²) in [5.41, 5.74) is -1.15. The lowest BCUT2D eigenvalue weighted by molar-refractivity contribution is -0.144. The molecule has 0 saturated heterocycles. The van der Waals surface area contributed by atoms with E-state index in [0.717, 1.165) is 10.9 Å². The summed E-state index contributed by atoms with van der Waals surface area (Å²) in [7, 11) is 1.19. The third kappa shape index (κ3) is 2.46. The van der Waals surface area contributed by atoms with E-state index < -0.39 is 11.9 Å². The van der Waals surface area contributed by atoms with Gasteiger partial charge in [-0.3, -0.25) is 4.68 Å². The Bertz CT molecular complexity index is 769. The Balaban J connectivity index is 2.53. The molecule has 0 saturated carbocycles. The molecule has 0 amide bonds. The lowest BCUT2D eigenvalue weighted by Crippen LogP contribution is -2.16. The van der Waals surface area contributed by atoms with E-state index in [1.54, 1.807) is 12.1 Å². The van der Waals surface area contributed by atoms with Crippen LogP contribution in [0.2, 0.25) is 0 Å². The number of halogens is 3. The van der Waals surface area contributed by atoms with Crippen molar-refractivity contribution in [1.82, 2.24) is 19.3 Å². The normalized spacial score (nSPS) is 11.2. The number of aromatic nitrogens is 4. The standard InChI is InChI=1S/C12H9F3N6/c1-7-19-9(3-16)10(4-17)21(7)6-8-5-18-20(2)11(8)12(13,14)15/h5H,6H2,1-2H3. The maximum absolute atomic E-state index is 13.0. The van der Waals surface area contributed by atoms with Crippen LogP contribution in [0.5, 0.6) is 0 Å². The smallest absolute Gasteiger partial charge is 0.314 e. The van der Waals surface area contributed by atoms with Crippen LogP contribution in [-0.2, 0) is 19.8 Å². The van der Waals surface area contributed by atoms with Gasteiger partial charge in [-0.25, -0.2) is 4.98 Å². The fourth-order valence-electron chi connectivity index (χ4n) is 2.08. The Labute approximate surface area is 117 Å². The van der Waals surface area contributed by atoms with E-state index in [1.807, 2.05) is 0 Å². The van der Waals surface area contributed by atoms with Crippen LogP contribution in [0.3, 0.4) is 0 Å². The molecule has 0 radical (unpaired) electrons. The molecule has 6 nitrogen and oxygen atoms in total. The fraction of sp³-hybridized carbons (Fsp3) is 0.333. The van der Waals surface area contributed by atoms with Crippen LogP contribution in [0, 0.1) is 29.6 Å². The van der Waals surface area contributed by atoms with Gasteiger partial charge < -0.3 is 4.57 Å². The molecular formula is C12H9F3N6. The van der Waals surface area contributed by atoms with Crippen LogP contribution < -0.4 is 0 Å². The van der Waals surface area contributed by atoms with Gasteiger partial charge in [0.25, 0.3) is 0 Å². The first-order valence-electron chi connectivity index (χ1n) is 5.75. The van der Waals surface area contributed by atoms with Crippen LogP contribution >= 0.6 is 0 Å². The predicted octanol–water partition coefficient (Wildman–Crippen LogP) is 1.74. The number of nitriles is 2. The molecule has 0 aliphatic rings. The third-order valence-electron chi connectivity index (χ3n) is 2.98. The molecule has 0 atom stereocenters.